The van der Waals surface area contributed by atoms with Gasteiger partial charge in [0.25, 0.3) is 0 Å². The fourth-order valence-corrected chi connectivity index (χ4v) is 4.08. The lowest BCUT2D eigenvalue weighted by molar-refractivity contribution is -0.139. The van der Waals surface area contributed by atoms with Crippen LogP contribution in [-0.2, 0) is 9.53 Å². The molecule has 1 unspecified atom stereocenters. The molecular formula is C26H32N4O4. The minimum absolute atomic E-state index is 0.226. The standard InChI is InChI=1S/C26H32N4O4/c1-6-14-30-18(5)21(24(31)34-7-2)23(29-26(30)33)19-12-9-13-20(15-19)27-25(32)28-22-16(3)10-8-11-17(22)4/h8-13,15,23H,6-7,14H2,1-5H3,(H,29,33)(H2,27,28,32). The highest BCUT2D eigenvalue weighted by atomic mass is 16.5. The molecule has 1 atom stereocenters. The van der Waals surface area contributed by atoms with Gasteiger partial charge in [-0.25, -0.2) is 14.4 Å². The molecule has 8 nitrogen and oxygen atoms in total. The van der Waals surface area contributed by atoms with Gasteiger partial charge < -0.3 is 20.7 Å². The van der Waals surface area contributed by atoms with Crippen molar-refractivity contribution in [3.8, 4) is 0 Å². The van der Waals surface area contributed by atoms with E-state index in [-0.39, 0.29) is 18.7 Å². The number of para-hydroxylation sites is 1. The van der Waals surface area contributed by atoms with Crippen LogP contribution >= 0.6 is 0 Å². The topological polar surface area (TPSA) is 99.8 Å². The van der Waals surface area contributed by atoms with Crippen LogP contribution in [-0.4, -0.2) is 36.1 Å². The summed E-state index contributed by atoms with van der Waals surface area (Å²) in [5, 5.41) is 8.66. The molecular weight excluding hydrogens is 432 g/mol. The molecule has 0 fully saturated rings. The molecule has 0 saturated heterocycles. The van der Waals surface area contributed by atoms with Crippen LogP contribution in [0.3, 0.4) is 0 Å². The monoisotopic (exact) mass is 464 g/mol. The van der Waals surface area contributed by atoms with Crippen LogP contribution in [0.25, 0.3) is 0 Å². The average molecular weight is 465 g/mol. The molecule has 0 saturated carbocycles. The summed E-state index contributed by atoms with van der Waals surface area (Å²) < 4.78 is 5.29. The van der Waals surface area contributed by atoms with E-state index in [1.54, 1.807) is 36.9 Å². The zero-order valence-electron chi connectivity index (χ0n) is 20.3. The number of nitrogens with zero attached hydrogens (tertiary/aromatic N) is 1. The van der Waals surface area contributed by atoms with Gasteiger partial charge in [-0.2, -0.15) is 0 Å². The van der Waals surface area contributed by atoms with Crippen molar-refractivity contribution in [2.24, 2.45) is 0 Å². The molecule has 3 N–H and O–H groups in total. The number of amides is 4. The number of benzene rings is 2. The Balaban J connectivity index is 1.88. The second-order valence-electron chi connectivity index (χ2n) is 8.23. The summed E-state index contributed by atoms with van der Waals surface area (Å²) in [6.45, 7) is 10.1. The summed E-state index contributed by atoms with van der Waals surface area (Å²) in [6.07, 6.45) is 0.750. The number of hydrogen-bond donors (Lipinski definition) is 3. The van der Waals surface area contributed by atoms with E-state index in [1.807, 2.05) is 45.0 Å². The van der Waals surface area contributed by atoms with Gasteiger partial charge in [0, 0.05) is 23.6 Å². The van der Waals surface area contributed by atoms with E-state index in [9.17, 15) is 14.4 Å². The van der Waals surface area contributed by atoms with Crippen LogP contribution in [0.15, 0.2) is 53.7 Å². The molecule has 3 rings (SSSR count). The number of rotatable bonds is 7. The Labute approximate surface area is 200 Å². The van der Waals surface area contributed by atoms with Crippen LogP contribution in [0.4, 0.5) is 21.0 Å². The highest BCUT2D eigenvalue weighted by Crippen LogP contribution is 2.32. The normalized spacial score (nSPS) is 15.6. The van der Waals surface area contributed by atoms with Crippen molar-refractivity contribution in [1.82, 2.24) is 10.2 Å². The number of carbonyl (C=O) groups excluding carboxylic acids is 3. The van der Waals surface area contributed by atoms with E-state index >= 15 is 0 Å². The van der Waals surface area contributed by atoms with Gasteiger partial charge in [0.15, 0.2) is 0 Å². The van der Waals surface area contributed by atoms with E-state index in [1.165, 1.54) is 0 Å². The van der Waals surface area contributed by atoms with Gasteiger partial charge in [0.1, 0.15) is 0 Å². The van der Waals surface area contributed by atoms with Crippen molar-refractivity contribution in [3.63, 3.8) is 0 Å². The lowest BCUT2D eigenvalue weighted by Gasteiger charge is -2.35. The molecule has 0 aromatic heterocycles. The molecule has 180 valence electrons. The van der Waals surface area contributed by atoms with E-state index in [0.717, 1.165) is 23.2 Å². The fraction of sp³-hybridized carbons (Fsp3) is 0.346. The van der Waals surface area contributed by atoms with E-state index < -0.39 is 12.0 Å². The Hall–Kier alpha value is -3.81. The maximum atomic E-state index is 12.8. The van der Waals surface area contributed by atoms with Crippen molar-refractivity contribution < 1.29 is 19.1 Å². The number of nitrogens with one attached hydrogen (secondary N) is 3. The molecule has 0 spiro atoms. The zero-order chi connectivity index (χ0) is 24.8. The number of allylic oxidation sites excluding steroid dienone is 1. The van der Waals surface area contributed by atoms with Gasteiger partial charge in [-0.15, -0.1) is 0 Å². The van der Waals surface area contributed by atoms with Gasteiger partial charge >= 0.3 is 18.0 Å². The maximum Gasteiger partial charge on any atom is 0.338 e. The molecule has 34 heavy (non-hydrogen) atoms. The first-order valence-corrected chi connectivity index (χ1v) is 11.5. The highest BCUT2D eigenvalue weighted by molar-refractivity contribution is 6.01. The summed E-state index contributed by atoms with van der Waals surface area (Å²) >= 11 is 0. The Morgan fingerprint density at radius 2 is 1.71 bits per heavy atom. The van der Waals surface area contributed by atoms with Gasteiger partial charge in [0.2, 0.25) is 0 Å². The van der Waals surface area contributed by atoms with Crippen LogP contribution in [0.5, 0.6) is 0 Å². The van der Waals surface area contributed by atoms with Crippen LogP contribution < -0.4 is 16.0 Å². The van der Waals surface area contributed by atoms with E-state index in [0.29, 0.717) is 29.1 Å². The third kappa shape index (κ3) is 5.39. The summed E-state index contributed by atoms with van der Waals surface area (Å²) in [6, 6.07) is 11.5. The molecule has 0 radical (unpaired) electrons. The van der Waals surface area contributed by atoms with Gasteiger partial charge in [-0.3, -0.25) is 4.90 Å². The predicted molar refractivity (Wildman–Crippen MR) is 133 cm³/mol. The molecule has 0 aliphatic carbocycles. The van der Waals surface area contributed by atoms with Crippen molar-refractivity contribution >= 4 is 29.4 Å². The third-order valence-electron chi connectivity index (χ3n) is 5.74. The van der Waals surface area contributed by atoms with Crippen LogP contribution in [0, 0.1) is 13.8 Å². The Kier molecular flexibility index (Phi) is 7.94. The lowest BCUT2D eigenvalue weighted by Crippen LogP contribution is -2.48. The zero-order valence-corrected chi connectivity index (χ0v) is 20.3. The number of aryl methyl sites for hydroxylation is 2. The van der Waals surface area contributed by atoms with Gasteiger partial charge in [-0.1, -0.05) is 37.3 Å². The maximum absolute atomic E-state index is 12.8. The molecule has 2 aromatic carbocycles. The molecule has 4 amide bonds. The van der Waals surface area contributed by atoms with Crippen LogP contribution in [0.1, 0.15) is 49.9 Å². The first kappa shape index (κ1) is 24.8. The van der Waals surface area contributed by atoms with Gasteiger partial charge in [-0.05, 0) is 62.9 Å². The number of carbonyl (C=O) groups is 3. The number of anilines is 2. The van der Waals surface area contributed by atoms with Gasteiger partial charge in [0.05, 0.1) is 18.2 Å². The lowest BCUT2D eigenvalue weighted by atomic mass is 9.94. The largest absolute Gasteiger partial charge is 0.463 e. The molecule has 2 aromatic rings. The first-order valence-electron chi connectivity index (χ1n) is 11.5. The predicted octanol–water partition coefficient (Wildman–Crippen LogP) is 5.26. The minimum Gasteiger partial charge on any atom is -0.463 e. The fourth-order valence-electron chi connectivity index (χ4n) is 4.08. The Morgan fingerprint density at radius 3 is 2.35 bits per heavy atom. The van der Waals surface area contributed by atoms with Crippen molar-refractivity contribution in [3.05, 3.63) is 70.4 Å². The minimum atomic E-state index is -0.692. The van der Waals surface area contributed by atoms with Crippen molar-refractivity contribution in [1.29, 1.82) is 0 Å². The summed E-state index contributed by atoms with van der Waals surface area (Å²) in [4.78, 5) is 39.9. The second-order valence-corrected chi connectivity index (χ2v) is 8.23. The molecule has 8 heteroatoms. The van der Waals surface area contributed by atoms with Crippen molar-refractivity contribution in [2.75, 3.05) is 23.8 Å². The molecule has 1 aliphatic rings. The number of ether oxygens (including phenoxy) is 1. The molecule has 1 heterocycles. The van der Waals surface area contributed by atoms with Crippen LogP contribution in [0.2, 0.25) is 0 Å². The SMILES string of the molecule is CCCN1C(=O)NC(c2cccc(NC(=O)Nc3c(C)cccc3C)c2)C(C(=O)OCC)=C1C. The smallest absolute Gasteiger partial charge is 0.338 e. The van der Waals surface area contributed by atoms with E-state index in [2.05, 4.69) is 16.0 Å². The number of urea groups is 2. The number of hydrogen-bond acceptors (Lipinski definition) is 4. The quantitative estimate of drug-likeness (QED) is 0.487. The van der Waals surface area contributed by atoms with Crippen molar-refractivity contribution in [2.45, 2.75) is 47.1 Å². The third-order valence-corrected chi connectivity index (χ3v) is 5.74. The number of esters is 1. The summed E-state index contributed by atoms with van der Waals surface area (Å²) in [5.74, 6) is -0.475. The molecule has 1 aliphatic heterocycles. The Morgan fingerprint density at radius 1 is 1.03 bits per heavy atom. The Bertz CT molecular complexity index is 1110. The second kappa shape index (κ2) is 10.9. The highest BCUT2D eigenvalue weighted by Gasteiger charge is 2.36. The molecule has 0 bridgehead atoms. The summed E-state index contributed by atoms with van der Waals surface area (Å²) in [7, 11) is 0. The summed E-state index contributed by atoms with van der Waals surface area (Å²) in [5.41, 5.74) is 4.83. The van der Waals surface area contributed by atoms with E-state index in [4.69, 9.17) is 4.74 Å². The first-order chi connectivity index (χ1) is 16.3. The average Bonchev–Trinajstić information content (AvgIpc) is 2.79.